The molecule has 1 fully saturated rings. The first kappa shape index (κ1) is 15.7. The first-order valence-electron chi connectivity index (χ1n) is 7.49. The number of hydrogen-bond acceptors (Lipinski definition) is 4. The Morgan fingerprint density at radius 1 is 1.08 bits per heavy atom. The molecule has 1 aliphatic rings. The zero-order valence-electron chi connectivity index (χ0n) is 12.7. The Bertz CT molecular complexity index is 778. The Morgan fingerprint density at radius 2 is 1.71 bits per heavy atom. The zero-order chi connectivity index (χ0) is 17.1. The Kier molecular flexibility index (Phi) is 4.28. The molecule has 124 valence electrons. The lowest BCUT2D eigenvalue weighted by atomic mass is 10.1. The molecule has 0 unspecified atom stereocenters. The molecule has 0 radical (unpaired) electrons. The number of nitrogens with one attached hydrogen (secondary N) is 2. The van der Waals surface area contributed by atoms with Crippen molar-refractivity contribution in [3.63, 3.8) is 0 Å². The Morgan fingerprint density at radius 3 is 2.29 bits per heavy atom. The number of carboxylic acids is 1. The Labute approximate surface area is 137 Å². The van der Waals surface area contributed by atoms with Gasteiger partial charge >= 0.3 is 5.97 Å². The van der Waals surface area contributed by atoms with Crippen molar-refractivity contribution >= 4 is 23.6 Å². The van der Waals surface area contributed by atoms with Gasteiger partial charge < -0.3 is 15.7 Å². The van der Waals surface area contributed by atoms with Crippen molar-refractivity contribution in [2.45, 2.75) is 25.4 Å². The van der Waals surface area contributed by atoms with Gasteiger partial charge in [0.15, 0.2) is 5.82 Å². The van der Waals surface area contributed by atoms with Crippen LogP contribution in [0.15, 0.2) is 36.5 Å². The lowest BCUT2D eigenvalue weighted by Crippen LogP contribution is -2.25. The molecular weight excluding hydrogens is 312 g/mol. The third-order valence-corrected chi connectivity index (χ3v) is 3.50. The van der Waals surface area contributed by atoms with E-state index in [2.05, 4.69) is 15.7 Å². The molecule has 1 aromatic carbocycles. The second kappa shape index (κ2) is 6.53. The van der Waals surface area contributed by atoms with Crippen LogP contribution in [0.1, 0.15) is 33.6 Å². The highest BCUT2D eigenvalue weighted by Gasteiger charge is 2.23. The second-order valence-corrected chi connectivity index (χ2v) is 5.57. The molecule has 2 amide bonds. The number of hydrogen-bond donors (Lipinski definition) is 3. The van der Waals surface area contributed by atoms with Crippen molar-refractivity contribution in [1.29, 1.82) is 0 Å². The van der Waals surface area contributed by atoms with Crippen molar-refractivity contribution in [2.75, 3.05) is 5.32 Å². The smallest absolute Gasteiger partial charge is 0.325 e. The van der Waals surface area contributed by atoms with Gasteiger partial charge in [-0.05, 0) is 37.1 Å². The fraction of sp³-hybridized carbons (Fsp3) is 0.250. The first-order chi connectivity index (χ1) is 11.5. The largest absolute Gasteiger partial charge is 0.480 e. The number of aromatic nitrogens is 2. The van der Waals surface area contributed by atoms with E-state index in [9.17, 15) is 14.4 Å². The van der Waals surface area contributed by atoms with Crippen LogP contribution in [0.25, 0.3) is 0 Å². The molecule has 3 rings (SSSR count). The van der Waals surface area contributed by atoms with Gasteiger partial charge in [0.1, 0.15) is 6.54 Å². The van der Waals surface area contributed by atoms with Crippen molar-refractivity contribution in [3.05, 3.63) is 47.7 Å². The van der Waals surface area contributed by atoms with Gasteiger partial charge in [0, 0.05) is 29.4 Å². The topological polar surface area (TPSA) is 113 Å². The minimum Gasteiger partial charge on any atom is -0.480 e. The summed E-state index contributed by atoms with van der Waals surface area (Å²) < 4.78 is 1.21. The fourth-order valence-electron chi connectivity index (χ4n) is 2.11. The molecular formula is C16H16N4O4. The number of nitrogens with zero attached hydrogens (tertiary/aromatic N) is 2. The van der Waals surface area contributed by atoms with Gasteiger partial charge in [-0.2, -0.15) is 5.10 Å². The first-order valence-corrected chi connectivity index (χ1v) is 7.49. The summed E-state index contributed by atoms with van der Waals surface area (Å²) in [6.45, 7) is -0.277. The highest BCUT2D eigenvalue weighted by molar-refractivity contribution is 6.04. The average molecular weight is 328 g/mol. The summed E-state index contributed by atoms with van der Waals surface area (Å²) in [6.07, 6.45) is 3.50. The van der Waals surface area contributed by atoms with Crippen molar-refractivity contribution in [2.24, 2.45) is 0 Å². The molecule has 24 heavy (non-hydrogen) atoms. The summed E-state index contributed by atoms with van der Waals surface area (Å²) in [7, 11) is 0. The van der Waals surface area contributed by atoms with E-state index in [-0.39, 0.29) is 30.2 Å². The number of carbonyl (C=O) groups excluding carboxylic acids is 2. The monoisotopic (exact) mass is 328 g/mol. The number of anilines is 1. The Hall–Kier alpha value is -3.16. The standard InChI is InChI=1S/C16H16N4O4/c21-14(22)9-20-8-7-13(19-20)18-16(24)11-3-1-10(2-4-11)15(23)17-12-5-6-12/h1-4,7-8,12H,5-6,9H2,(H,17,23)(H,21,22)(H,18,19,24). The average Bonchev–Trinajstić information content (AvgIpc) is 3.26. The predicted octanol–water partition coefficient (Wildman–Crippen LogP) is 1.11. The minimum atomic E-state index is -1.02. The summed E-state index contributed by atoms with van der Waals surface area (Å²) in [6, 6.07) is 8.10. The normalized spacial score (nSPS) is 13.3. The van der Waals surface area contributed by atoms with Crippen LogP contribution < -0.4 is 10.6 Å². The molecule has 1 saturated carbocycles. The van der Waals surface area contributed by atoms with Gasteiger partial charge in [-0.3, -0.25) is 19.1 Å². The molecule has 0 spiro atoms. The maximum atomic E-state index is 12.1. The number of carboxylic acid groups (broad SMARTS) is 1. The van der Waals surface area contributed by atoms with E-state index in [4.69, 9.17) is 5.11 Å². The lowest BCUT2D eigenvalue weighted by Gasteiger charge is -2.05. The van der Waals surface area contributed by atoms with Crippen LogP contribution in [-0.4, -0.2) is 38.7 Å². The number of aliphatic carboxylic acids is 1. The lowest BCUT2D eigenvalue weighted by molar-refractivity contribution is -0.137. The maximum Gasteiger partial charge on any atom is 0.325 e. The van der Waals surface area contributed by atoms with Crippen molar-refractivity contribution in [1.82, 2.24) is 15.1 Å². The van der Waals surface area contributed by atoms with E-state index in [1.54, 1.807) is 24.3 Å². The van der Waals surface area contributed by atoms with Crippen molar-refractivity contribution < 1.29 is 19.5 Å². The van der Waals surface area contributed by atoms with Gasteiger partial charge in [-0.25, -0.2) is 0 Å². The van der Waals surface area contributed by atoms with E-state index in [1.165, 1.54) is 16.9 Å². The van der Waals surface area contributed by atoms with E-state index in [1.807, 2.05) is 0 Å². The molecule has 0 saturated heterocycles. The number of benzene rings is 1. The van der Waals surface area contributed by atoms with Gasteiger partial charge in [-0.15, -0.1) is 0 Å². The predicted molar refractivity (Wildman–Crippen MR) is 84.7 cm³/mol. The van der Waals surface area contributed by atoms with Crippen molar-refractivity contribution in [3.8, 4) is 0 Å². The third kappa shape index (κ3) is 3.97. The minimum absolute atomic E-state index is 0.142. The molecule has 2 aromatic rings. The maximum absolute atomic E-state index is 12.1. The molecule has 3 N–H and O–H groups in total. The highest BCUT2D eigenvalue weighted by Crippen LogP contribution is 2.19. The van der Waals surface area contributed by atoms with E-state index in [0.29, 0.717) is 11.1 Å². The third-order valence-electron chi connectivity index (χ3n) is 3.50. The summed E-state index contributed by atoms with van der Waals surface area (Å²) in [4.78, 5) is 34.6. The molecule has 0 atom stereocenters. The summed E-state index contributed by atoms with van der Waals surface area (Å²) in [5, 5.41) is 18.1. The second-order valence-electron chi connectivity index (χ2n) is 5.57. The Balaban J connectivity index is 1.61. The van der Waals surface area contributed by atoms with Crippen LogP contribution in [0.2, 0.25) is 0 Å². The van der Waals surface area contributed by atoms with E-state index in [0.717, 1.165) is 12.8 Å². The summed E-state index contributed by atoms with van der Waals surface area (Å²) in [5.74, 6) is -1.28. The van der Waals surface area contributed by atoms with Crippen LogP contribution in [0.4, 0.5) is 5.82 Å². The highest BCUT2D eigenvalue weighted by atomic mass is 16.4. The van der Waals surface area contributed by atoms with Crippen LogP contribution in [0.3, 0.4) is 0 Å². The van der Waals surface area contributed by atoms with Crippen LogP contribution in [0, 0.1) is 0 Å². The molecule has 1 heterocycles. The van der Waals surface area contributed by atoms with Gasteiger partial charge in [0.25, 0.3) is 11.8 Å². The molecule has 8 nitrogen and oxygen atoms in total. The van der Waals surface area contributed by atoms with E-state index >= 15 is 0 Å². The molecule has 8 heteroatoms. The van der Waals surface area contributed by atoms with Gasteiger partial charge in [-0.1, -0.05) is 0 Å². The van der Waals surface area contributed by atoms with Gasteiger partial charge in [0.2, 0.25) is 0 Å². The fourth-order valence-corrected chi connectivity index (χ4v) is 2.11. The molecule has 0 bridgehead atoms. The zero-order valence-corrected chi connectivity index (χ0v) is 12.7. The quantitative estimate of drug-likeness (QED) is 0.735. The SMILES string of the molecule is O=C(O)Cn1ccc(NC(=O)c2ccc(C(=O)NC3CC3)cc2)n1. The number of rotatable bonds is 6. The number of carbonyl (C=O) groups is 3. The number of amides is 2. The molecule has 0 aliphatic heterocycles. The molecule has 1 aromatic heterocycles. The van der Waals surface area contributed by atoms with Crippen LogP contribution in [-0.2, 0) is 11.3 Å². The van der Waals surface area contributed by atoms with Gasteiger partial charge in [0.05, 0.1) is 0 Å². The van der Waals surface area contributed by atoms with Crippen LogP contribution >= 0.6 is 0 Å². The summed E-state index contributed by atoms with van der Waals surface area (Å²) >= 11 is 0. The van der Waals surface area contributed by atoms with Crippen LogP contribution in [0.5, 0.6) is 0 Å². The summed E-state index contributed by atoms with van der Waals surface area (Å²) in [5.41, 5.74) is 0.884. The molecule has 1 aliphatic carbocycles. The van der Waals surface area contributed by atoms with E-state index < -0.39 is 5.97 Å².